The Hall–Kier alpha value is -2.12. The third-order valence-electron chi connectivity index (χ3n) is 2.47. The van der Waals surface area contributed by atoms with Gasteiger partial charge in [-0.1, -0.05) is 11.6 Å². The quantitative estimate of drug-likeness (QED) is 0.801. The monoisotopic (exact) mass is 276 g/mol. The van der Waals surface area contributed by atoms with Gasteiger partial charge in [0.25, 0.3) is 0 Å². The van der Waals surface area contributed by atoms with Crippen LogP contribution in [-0.4, -0.2) is 11.6 Å². The van der Waals surface area contributed by atoms with Gasteiger partial charge in [-0.25, -0.2) is 9.37 Å². The Labute approximate surface area is 115 Å². The van der Waals surface area contributed by atoms with Gasteiger partial charge in [-0.05, 0) is 42.8 Å². The molecule has 96 valence electrons. The highest BCUT2D eigenvalue weighted by Gasteiger charge is 2.10. The van der Waals surface area contributed by atoms with Gasteiger partial charge in [0.15, 0.2) is 0 Å². The molecule has 0 radical (unpaired) electrons. The first-order valence-electron chi connectivity index (χ1n) is 5.64. The maximum Gasteiger partial charge on any atom is 0.142 e. The lowest BCUT2D eigenvalue weighted by Gasteiger charge is -2.08. The Morgan fingerprint density at radius 1 is 1.37 bits per heavy atom. The molecule has 1 heterocycles. The lowest BCUT2D eigenvalue weighted by molar-refractivity contribution is 0.340. The maximum atomic E-state index is 13.9. The Morgan fingerprint density at radius 2 is 2.16 bits per heavy atom. The molecule has 0 N–H and O–H groups in total. The highest BCUT2D eigenvalue weighted by molar-refractivity contribution is 6.29. The summed E-state index contributed by atoms with van der Waals surface area (Å²) in [6, 6.07) is 9.33. The van der Waals surface area contributed by atoms with Crippen LogP contribution in [0.1, 0.15) is 12.6 Å². The van der Waals surface area contributed by atoms with E-state index in [9.17, 15) is 4.39 Å². The van der Waals surface area contributed by atoms with E-state index in [1.54, 1.807) is 12.1 Å². The topological polar surface area (TPSA) is 45.9 Å². The summed E-state index contributed by atoms with van der Waals surface area (Å²) >= 11 is 5.82. The smallest absolute Gasteiger partial charge is 0.142 e. The number of hydrogen-bond donors (Lipinski definition) is 0. The summed E-state index contributed by atoms with van der Waals surface area (Å²) in [7, 11) is 0. The van der Waals surface area contributed by atoms with E-state index in [4.69, 9.17) is 21.6 Å². The third kappa shape index (κ3) is 3.01. The second-order valence-corrected chi connectivity index (χ2v) is 4.14. The van der Waals surface area contributed by atoms with Crippen molar-refractivity contribution in [3.05, 3.63) is 47.0 Å². The molecule has 0 saturated heterocycles. The van der Waals surface area contributed by atoms with Gasteiger partial charge in [0.2, 0.25) is 0 Å². The van der Waals surface area contributed by atoms with Crippen LogP contribution >= 0.6 is 11.6 Å². The standard InChI is InChI=1S/C14H10ClFN2O/c1-2-19-11-3-4-13(16)12(7-11)9-5-10(8-17)18-14(15)6-9/h3-7H,2H2,1H3. The third-order valence-corrected chi connectivity index (χ3v) is 2.66. The van der Waals surface area contributed by atoms with Crippen LogP contribution in [0.25, 0.3) is 11.1 Å². The molecule has 0 aliphatic carbocycles. The van der Waals surface area contributed by atoms with E-state index in [1.165, 1.54) is 18.2 Å². The summed E-state index contributed by atoms with van der Waals surface area (Å²) in [4.78, 5) is 3.82. The molecule has 0 saturated carbocycles. The first kappa shape index (κ1) is 13.3. The largest absolute Gasteiger partial charge is 0.494 e. The van der Waals surface area contributed by atoms with Crippen molar-refractivity contribution < 1.29 is 9.13 Å². The van der Waals surface area contributed by atoms with E-state index < -0.39 is 5.82 Å². The molecular weight excluding hydrogens is 267 g/mol. The number of pyridine rings is 1. The fraction of sp³-hybridized carbons (Fsp3) is 0.143. The minimum atomic E-state index is -0.408. The molecule has 0 unspecified atom stereocenters. The van der Waals surface area contributed by atoms with Gasteiger partial charge in [0.1, 0.15) is 28.5 Å². The van der Waals surface area contributed by atoms with Crippen LogP contribution in [0.4, 0.5) is 4.39 Å². The first-order valence-corrected chi connectivity index (χ1v) is 6.02. The fourth-order valence-electron chi connectivity index (χ4n) is 1.69. The summed E-state index contributed by atoms with van der Waals surface area (Å²) in [6.07, 6.45) is 0. The fourth-order valence-corrected chi connectivity index (χ4v) is 1.90. The van der Waals surface area contributed by atoms with Crippen LogP contribution in [0.3, 0.4) is 0 Å². The highest BCUT2D eigenvalue weighted by Crippen LogP contribution is 2.29. The zero-order valence-corrected chi connectivity index (χ0v) is 10.9. The van der Waals surface area contributed by atoms with Gasteiger partial charge in [0.05, 0.1) is 6.61 Å². The molecule has 0 bridgehead atoms. The van der Waals surface area contributed by atoms with Crippen LogP contribution < -0.4 is 4.74 Å². The molecule has 0 aliphatic heterocycles. The molecule has 2 aromatic rings. The van der Waals surface area contributed by atoms with Crippen molar-refractivity contribution >= 4 is 11.6 Å². The lowest BCUT2D eigenvalue weighted by atomic mass is 10.1. The van der Waals surface area contributed by atoms with E-state index >= 15 is 0 Å². The Morgan fingerprint density at radius 3 is 2.84 bits per heavy atom. The molecule has 19 heavy (non-hydrogen) atoms. The van der Waals surface area contributed by atoms with Crippen molar-refractivity contribution in [1.29, 1.82) is 5.26 Å². The number of hydrogen-bond acceptors (Lipinski definition) is 3. The predicted octanol–water partition coefficient (Wildman–Crippen LogP) is 3.81. The summed E-state index contributed by atoms with van der Waals surface area (Å²) in [5, 5.41) is 9.00. The summed E-state index contributed by atoms with van der Waals surface area (Å²) in [5.41, 5.74) is 0.964. The van der Waals surface area contributed by atoms with E-state index in [-0.39, 0.29) is 10.8 Å². The molecule has 5 heteroatoms. The van der Waals surface area contributed by atoms with Crippen LogP contribution in [0.2, 0.25) is 5.15 Å². The lowest BCUT2D eigenvalue weighted by Crippen LogP contribution is -1.94. The normalized spacial score (nSPS) is 10.0. The number of nitrogens with zero attached hydrogens (tertiary/aromatic N) is 2. The molecule has 3 nitrogen and oxygen atoms in total. The molecule has 1 aromatic carbocycles. The van der Waals surface area contributed by atoms with Crippen molar-refractivity contribution in [1.82, 2.24) is 4.98 Å². The van der Waals surface area contributed by atoms with Gasteiger partial charge in [0, 0.05) is 5.56 Å². The first-order chi connectivity index (χ1) is 9.13. The molecule has 1 aromatic heterocycles. The molecule has 0 fully saturated rings. The number of nitriles is 1. The van der Waals surface area contributed by atoms with Gasteiger partial charge >= 0.3 is 0 Å². The Bertz CT molecular complexity index is 652. The van der Waals surface area contributed by atoms with Crippen LogP contribution in [0, 0.1) is 17.1 Å². The van der Waals surface area contributed by atoms with Crippen LogP contribution in [-0.2, 0) is 0 Å². The molecule has 2 rings (SSSR count). The van der Waals surface area contributed by atoms with Crippen molar-refractivity contribution in [2.45, 2.75) is 6.92 Å². The Balaban J connectivity index is 2.54. The molecule has 0 amide bonds. The molecule has 0 aliphatic rings. The molecule has 0 atom stereocenters. The average Bonchev–Trinajstić information content (AvgIpc) is 2.40. The summed E-state index contributed by atoms with van der Waals surface area (Å²) < 4.78 is 19.2. The van der Waals surface area contributed by atoms with Crippen molar-refractivity contribution in [2.75, 3.05) is 6.61 Å². The number of halogens is 2. The number of aromatic nitrogens is 1. The number of benzene rings is 1. The minimum absolute atomic E-state index is 0.142. The zero-order chi connectivity index (χ0) is 13.8. The van der Waals surface area contributed by atoms with E-state index in [2.05, 4.69) is 4.98 Å². The van der Waals surface area contributed by atoms with Crippen molar-refractivity contribution in [3.8, 4) is 22.9 Å². The number of rotatable bonds is 3. The van der Waals surface area contributed by atoms with Gasteiger partial charge in [-0.2, -0.15) is 5.26 Å². The van der Waals surface area contributed by atoms with E-state index in [1.807, 2.05) is 13.0 Å². The highest BCUT2D eigenvalue weighted by atomic mass is 35.5. The summed E-state index contributed by atoms with van der Waals surface area (Å²) in [6.45, 7) is 2.34. The average molecular weight is 277 g/mol. The Kier molecular flexibility index (Phi) is 3.98. The summed E-state index contributed by atoms with van der Waals surface area (Å²) in [5.74, 6) is 0.153. The SMILES string of the molecule is CCOc1ccc(F)c(-c2cc(Cl)nc(C#N)c2)c1. The minimum Gasteiger partial charge on any atom is -0.494 e. The second-order valence-electron chi connectivity index (χ2n) is 3.75. The second kappa shape index (κ2) is 5.68. The number of ether oxygens (including phenoxy) is 1. The van der Waals surface area contributed by atoms with Crippen LogP contribution in [0.5, 0.6) is 5.75 Å². The van der Waals surface area contributed by atoms with E-state index in [0.717, 1.165) is 0 Å². The van der Waals surface area contributed by atoms with Crippen molar-refractivity contribution in [2.24, 2.45) is 0 Å². The van der Waals surface area contributed by atoms with Crippen molar-refractivity contribution in [3.63, 3.8) is 0 Å². The predicted molar refractivity (Wildman–Crippen MR) is 70.5 cm³/mol. The van der Waals surface area contributed by atoms with Crippen LogP contribution in [0.15, 0.2) is 30.3 Å². The molecule has 0 spiro atoms. The van der Waals surface area contributed by atoms with Gasteiger partial charge in [-0.15, -0.1) is 0 Å². The van der Waals surface area contributed by atoms with E-state index in [0.29, 0.717) is 23.5 Å². The van der Waals surface area contributed by atoms with Gasteiger partial charge in [-0.3, -0.25) is 0 Å². The maximum absolute atomic E-state index is 13.9. The zero-order valence-electron chi connectivity index (χ0n) is 10.2. The van der Waals surface area contributed by atoms with Gasteiger partial charge < -0.3 is 4.74 Å². The molecular formula is C14H10ClFN2O.